The average Bonchev–Trinajstić information content (AvgIpc) is 3.10. The molecule has 1 amide bonds. The van der Waals surface area contributed by atoms with Gasteiger partial charge in [-0.2, -0.15) is 5.10 Å². The largest absolute Gasteiger partial charge is 0.378 e. The van der Waals surface area contributed by atoms with Crippen molar-refractivity contribution in [2.75, 3.05) is 26.3 Å². The van der Waals surface area contributed by atoms with Crippen molar-refractivity contribution in [2.24, 2.45) is 5.92 Å². The lowest BCUT2D eigenvalue weighted by Gasteiger charge is -2.28. The van der Waals surface area contributed by atoms with Gasteiger partial charge >= 0.3 is 0 Å². The molecule has 4 rings (SSSR count). The van der Waals surface area contributed by atoms with Crippen LogP contribution in [0.5, 0.6) is 0 Å². The Balaban J connectivity index is 1.53. The van der Waals surface area contributed by atoms with Crippen molar-refractivity contribution in [2.45, 2.75) is 52.2 Å². The second-order valence-corrected chi connectivity index (χ2v) is 8.67. The van der Waals surface area contributed by atoms with E-state index in [1.54, 1.807) is 6.07 Å². The van der Waals surface area contributed by atoms with Gasteiger partial charge in [-0.25, -0.2) is 4.39 Å². The lowest BCUT2D eigenvalue weighted by molar-refractivity contribution is 0.0297. The summed E-state index contributed by atoms with van der Waals surface area (Å²) >= 11 is 0. The molecule has 2 heterocycles. The van der Waals surface area contributed by atoms with Crippen LogP contribution >= 0.6 is 0 Å². The molecule has 1 atom stereocenters. The lowest BCUT2D eigenvalue weighted by atomic mass is 9.90. The molecule has 0 saturated carbocycles. The minimum absolute atomic E-state index is 0.00631. The van der Waals surface area contributed by atoms with Gasteiger partial charge < -0.3 is 15.0 Å². The Morgan fingerprint density at radius 2 is 2.07 bits per heavy atom. The van der Waals surface area contributed by atoms with Gasteiger partial charge in [-0.3, -0.25) is 9.48 Å². The summed E-state index contributed by atoms with van der Waals surface area (Å²) in [5.41, 5.74) is 3.50. The van der Waals surface area contributed by atoms with E-state index in [1.165, 1.54) is 11.8 Å². The summed E-state index contributed by atoms with van der Waals surface area (Å²) in [5.74, 6) is 0.276. The highest BCUT2D eigenvalue weighted by atomic mass is 19.1. The van der Waals surface area contributed by atoms with Crippen LogP contribution in [0.3, 0.4) is 0 Å². The topological polar surface area (TPSA) is 59.4 Å². The van der Waals surface area contributed by atoms with Gasteiger partial charge in [0, 0.05) is 49.0 Å². The Hall–Kier alpha value is -2.25. The minimum Gasteiger partial charge on any atom is -0.378 e. The van der Waals surface area contributed by atoms with Crippen LogP contribution in [0.15, 0.2) is 24.3 Å². The molecule has 1 fully saturated rings. The van der Waals surface area contributed by atoms with E-state index in [-0.39, 0.29) is 17.8 Å². The SMILES string of the molecule is CC(C)Cn1nc(C(=O)N2CCOCC2)c2c1CC[C@H](NCc1ccccc1F)C2. The van der Waals surface area contributed by atoms with Crippen molar-refractivity contribution < 1.29 is 13.9 Å². The second-order valence-electron chi connectivity index (χ2n) is 8.67. The van der Waals surface area contributed by atoms with E-state index in [2.05, 4.69) is 19.2 Å². The molecule has 1 saturated heterocycles. The number of amides is 1. The van der Waals surface area contributed by atoms with Crippen LogP contribution in [0.25, 0.3) is 0 Å². The van der Waals surface area contributed by atoms with Crippen molar-refractivity contribution in [3.05, 3.63) is 52.6 Å². The average molecular weight is 415 g/mol. The fourth-order valence-electron chi connectivity index (χ4n) is 4.34. The van der Waals surface area contributed by atoms with Gasteiger partial charge in [0.15, 0.2) is 5.69 Å². The van der Waals surface area contributed by atoms with E-state index in [0.717, 1.165) is 31.4 Å². The van der Waals surface area contributed by atoms with Crippen LogP contribution in [0.2, 0.25) is 0 Å². The van der Waals surface area contributed by atoms with Crippen molar-refractivity contribution >= 4 is 5.91 Å². The predicted octanol–water partition coefficient (Wildman–Crippen LogP) is 2.80. The molecular weight excluding hydrogens is 383 g/mol. The summed E-state index contributed by atoms with van der Waals surface area (Å²) in [7, 11) is 0. The van der Waals surface area contributed by atoms with Crippen molar-refractivity contribution in [3.8, 4) is 0 Å². The first-order valence-electron chi connectivity index (χ1n) is 10.9. The Kier molecular flexibility index (Phi) is 6.49. The number of nitrogens with one attached hydrogen (secondary N) is 1. The molecule has 0 bridgehead atoms. The molecule has 0 radical (unpaired) electrons. The third kappa shape index (κ3) is 4.57. The number of rotatable bonds is 6. The zero-order valence-corrected chi connectivity index (χ0v) is 17.9. The van der Waals surface area contributed by atoms with Gasteiger partial charge in [-0.1, -0.05) is 32.0 Å². The van der Waals surface area contributed by atoms with Crippen LogP contribution in [-0.2, 0) is 30.7 Å². The van der Waals surface area contributed by atoms with E-state index in [1.807, 2.05) is 21.7 Å². The van der Waals surface area contributed by atoms with E-state index in [4.69, 9.17) is 9.84 Å². The first-order valence-corrected chi connectivity index (χ1v) is 10.9. The van der Waals surface area contributed by atoms with E-state index >= 15 is 0 Å². The van der Waals surface area contributed by atoms with Crippen molar-refractivity contribution in [3.63, 3.8) is 0 Å². The molecule has 1 aliphatic carbocycles. The molecule has 2 aromatic rings. The molecule has 1 aliphatic heterocycles. The minimum atomic E-state index is -0.186. The lowest BCUT2D eigenvalue weighted by Crippen LogP contribution is -2.41. The maximum Gasteiger partial charge on any atom is 0.274 e. The second kappa shape index (κ2) is 9.27. The number of hydrogen-bond donors (Lipinski definition) is 1. The number of aromatic nitrogens is 2. The molecule has 30 heavy (non-hydrogen) atoms. The van der Waals surface area contributed by atoms with Gasteiger partial charge in [0.25, 0.3) is 5.91 Å². The number of morpholine rings is 1. The molecule has 1 N–H and O–H groups in total. The summed E-state index contributed by atoms with van der Waals surface area (Å²) in [4.78, 5) is 15.1. The monoisotopic (exact) mass is 414 g/mol. The first kappa shape index (κ1) is 21.0. The van der Waals surface area contributed by atoms with Crippen LogP contribution < -0.4 is 5.32 Å². The number of nitrogens with zero attached hydrogens (tertiary/aromatic N) is 3. The van der Waals surface area contributed by atoms with Gasteiger partial charge in [-0.15, -0.1) is 0 Å². The number of carbonyl (C=O) groups excluding carboxylic acids is 1. The zero-order chi connectivity index (χ0) is 21.1. The van der Waals surface area contributed by atoms with E-state index in [0.29, 0.717) is 50.0 Å². The number of benzene rings is 1. The Labute approximate surface area is 177 Å². The maximum atomic E-state index is 14.0. The number of hydrogen-bond acceptors (Lipinski definition) is 4. The molecule has 0 spiro atoms. The summed E-state index contributed by atoms with van der Waals surface area (Å²) in [6, 6.07) is 7.06. The smallest absolute Gasteiger partial charge is 0.274 e. The highest BCUT2D eigenvalue weighted by Gasteiger charge is 2.31. The molecule has 6 nitrogen and oxygen atoms in total. The number of carbonyl (C=O) groups is 1. The van der Waals surface area contributed by atoms with Crippen molar-refractivity contribution in [1.29, 1.82) is 0 Å². The molecule has 0 unspecified atom stereocenters. The first-order chi connectivity index (χ1) is 14.5. The quantitative estimate of drug-likeness (QED) is 0.790. The number of halogens is 1. The molecule has 1 aromatic carbocycles. The molecule has 7 heteroatoms. The Morgan fingerprint density at radius 3 is 2.80 bits per heavy atom. The van der Waals surface area contributed by atoms with E-state index in [9.17, 15) is 9.18 Å². The third-order valence-electron chi connectivity index (χ3n) is 5.92. The molecule has 2 aliphatic rings. The van der Waals surface area contributed by atoms with Gasteiger partial charge in [0.05, 0.1) is 13.2 Å². The third-order valence-corrected chi connectivity index (χ3v) is 5.92. The standard InChI is InChI=1S/C23H31FN4O2/c1-16(2)15-28-21-8-7-18(25-14-17-5-3-4-6-20(17)24)13-19(21)22(26-28)23(29)27-9-11-30-12-10-27/h3-6,16,18,25H,7-15H2,1-2H3/t18-/m0/s1. The highest BCUT2D eigenvalue weighted by Crippen LogP contribution is 2.27. The fourth-order valence-corrected chi connectivity index (χ4v) is 4.34. The van der Waals surface area contributed by atoms with Gasteiger partial charge in [-0.05, 0) is 31.2 Å². The Bertz CT molecular complexity index is 889. The molecular formula is C23H31FN4O2. The van der Waals surface area contributed by atoms with Crippen LogP contribution in [0.4, 0.5) is 4.39 Å². The van der Waals surface area contributed by atoms with Crippen LogP contribution in [0, 0.1) is 11.7 Å². The van der Waals surface area contributed by atoms with Gasteiger partial charge in [0.2, 0.25) is 0 Å². The maximum absolute atomic E-state index is 14.0. The number of fused-ring (bicyclic) bond motifs is 1. The number of ether oxygens (including phenoxy) is 1. The Morgan fingerprint density at radius 1 is 1.30 bits per heavy atom. The normalized spacial score (nSPS) is 19.2. The molecule has 1 aromatic heterocycles. The van der Waals surface area contributed by atoms with Crippen molar-refractivity contribution in [1.82, 2.24) is 20.0 Å². The predicted molar refractivity (Wildman–Crippen MR) is 113 cm³/mol. The molecule has 162 valence electrons. The summed E-state index contributed by atoms with van der Waals surface area (Å²) in [6.07, 6.45) is 2.57. The van der Waals surface area contributed by atoms with Gasteiger partial charge in [0.1, 0.15) is 5.82 Å². The van der Waals surface area contributed by atoms with Crippen LogP contribution in [-0.4, -0.2) is 52.9 Å². The summed E-state index contributed by atoms with van der Waals surface area (Å²) < 4.78 is 21.4. The summed E-state index contributed by atoms with van der Waals surface area (Å²) in [6.45, 7) is 8.00. The summed E-state index contributed by atoms with van der Waals surface area (Å²) in [5, 5.41) is 8.26. The van der Waals surface area contributed by atoms with Crippen LogP contribution in [0.1, 0.15) is 47.6 Å². The fraction of sp³-hybridized carbons (Fsp3) is 0.565. The van der Waals surface area contributed by atoms with E-state index < -0.39 is 0 Å². The zero-order valence-electron chi connectivity index (χ0n) is 17.9. The highest BCUT2D eigenvalue weighted by molar-refractivity contribution is 5.94.